The van der Waals surface area contributed by atoms with E-state index < -0.39 is 23.3 Å². The van der Waals surface area contributed by atoms with Gasteiger partial charge in [0.2, 0.25) is 0 Å². The minimum Gasteiger partial charge on any atom is -0.322 e. The van der Waals surface area contributed by atoms with Crippen LogP contribution in [0.5, 0.6) is 0 Å². The number of carbonyl (C=O) groups excluding carboxylic acids is 1. The van der Waals surface area contributed by atoms with Crippen LogP contribution in [0.1, 0.15) is 61.6 Å². The van der Waals surface area contributed by atoms with Gasteiger partial charge in [-0.25, -0.2) is 0 Å². The molecule has 4 nitrogen and oxygen atoms in total. The van der Waals surface area contributed by atoms with E-state index in [1.807, 2.05) is 41.6 Å². The Labute approximate surface area is 170 Å². The molecule has 0 bridgehead atoms. The summed E-state index contributed by atoms with van der Waals surface area (Å²) >= 11 is 1.89. The maximum absolute atomic E-state index is 13.2. The molecule has 1 aromatic carbocycles. The predicted octanol–water partition coefficient (Wildman–Crippen LogP) is 6.09. The van der Waals surface area contributed by atoms with Gasteiger partial charge >= 0.3 is 6.18 Å². The topological polar surface area (TPSA) is 46.9 Å². The van der Waals surface area contributed by atoms with Crippen molar-refractivity contribution in [2.45, 2.75) is 50.8 Å². The smallest absolute Gasteiger partial charge is 0.322 e. The summed E-state index contributed by atoms with van der Waals surface area (Å²) in [6, 6.07) is 7.22. The van der Waals surface area contributed by atoms with Crippen LogP contribution in [0.3, 0.4) is 0 Å². The van der Waals surface area contributed by atoms with Gasteiger partial charge in [-0.3, -0.25) is 9.48 Å². The van der Waals surface area contributed by atoms with E-state index in [-0.39, 0.29) is 15.9 Å². The monoisotopic (exact) mass is 493 g/mol. The number of carbonyl (C=O) groups is 1. The van der Waals surface area contributed by atoms with Crippen molar-refractivity contribution in [2.75, 3.05) is 5.32 Å². The largest absolute Gasteiger partial charge is 0.435 e. The molecule has 2 rings (SSSR count). The lowest BCUT2D eigenvalue weighted by Gasteiger charge is -2.25. The van der Waals surface area contributed by atoms with Gasteiger partial charge in [-0.05, 0) is 29.4 Å². The van der Waals surface area contributed by atoms with E-state index in [0.29, 0.717) is 5.69 Å². The van der Waals surface area contributed by atoms with Gasteiger partial charge in [0.1, 0.15) is 0 Å². The van der Waals surface area contributed by atoms with Crippen molar-refractivity contribution >= 4 is 34.2 Å². The fraction of sp³-hybridized carbons (Fsp3) is 0.474. The fourth-order valence-corrected chi connectivity index (χ4v) is 3.47. The third kappa shape index (κ3) is 5.70. The van der Waals surface area contributed by atoms with Crippen LogP contribution in [0.2, 0.25) is 0 Å². The first-order valence-electron chi connectivity index (χ1n) is 8.53. The summed E-state index contributed by atoms with van der Waals surface area (Å²) in [5.74, 6) is -0.672. The molecule has 1 amide bonds. The zero-order valence-electron chi connectivity index (χ0n) is 15.7. The Morgan fingerprint density at radius 2 is 1.89 bits per heavy atom. The highest BCUT2D eigenvalue weighted by Crippen LogP contribution is 2.35. The minimum absolute atomic E-state index is 0.0847. The van der Waals surface area contributed by atoms with Gasteiger partial charge in [-0.2, -0.15) is 18.3 Å². The van der Waals surface area contributed by atoms with Crippen molar-refractivity contribution in [3.05, 3.63) is 47.3 Å². The molecule has 148 valence electrons. The number of hydrogen-bond acceptors (Lipinski definition) is 2. The van der Waals surface area contributed by atoms with Gasteiger partial charge in [-0.1, -0.05) is 68.5 Å². The van der Waals surface area contributed by atoms with E-state index >= 15 is 0 Å². The molecule has 0 fully saturated rings. The van der Waals surface area contributed by atoms with Crippen LogP contribution < -0.4 is 5.32 Å². The Morgan fingerprint density at radius 1 is 1.26 bits per heavy atom. The van der Waals surface area contributed by atoms with Gasteiger partial charge in [0, 0.05) is 11.9 Å². The highest BCUT2D eigenvalue weighted by atomic mass is 127. The summed E-state index contributed by atoms with van der Waals surface area (Å²) in [7, 11) is 0. The first-order valence-corrected chi connectivity index (χ1v) is 10.1. The van der Waals surface area contributed by atoms with Crippen molar-refractivity contribution < 1.29 is 18.0 Å². The molecule has 8 heteroatoms. The Hall–Kier alpha value is -1.58. The highest BCUT2D eigenvalue weighted by Gasteiger charge is 2.39. The number of alkyl halides is 4. The molecule has 1 unspecified atom stereocenters. The van der Waals surface area contributed by atoms with Gasteiger partial charge < -0.3 is 5.32 Å². The van der Waals surface area contributed by atoms with Crippen LogP contribution in [-0.4, -0.2) is 15.7 Å². The summed E-state index contributed by atoms with van der Waals surface area (Å²) < 4.78 is 41.0. The van der Waals surface area contributed by atoms with Crippen molar-refractivity contribution in [2.24, 2.45) is 5.41 Å². The summed E-state index contributed by atoms with van der Waals surface area (Å²) in [5, 5.41) is 6.14. The molecule has 1 heterocycles. The maximum atomic E-state index is 13.2. The van der Waals surface area contributed by atoms with E-state index in [4.69, 9.17) is 0 Å². The number of anilines is 1. The number of benzene rings is 1. The third-order valence-electron chi connectivity index (χ3n) is 4.06. The van der Waals surface area contributed by atoms with E-state index in [1.165, 1.54) is 0 Å². The lowest BCUT2D eigenvalue weighted by Crippen LogP contribution is -2.19. The quantitative estimate of drug-likeness (QED) is 0.405. The second-order valence-corrected chi connectivity index (χ2v) is 8.44. The Kier molecular flexibility index (Phi) is 6.59. The molecule has 27 heavy (non-hydrogen) atoms. The molecule has 1 atom stereocenters. The summed E-state index contributed by atoms with van der Waals surface area (Å²) in [6.07, 6.45) is -2.69. The Balaban J connectivity index is 2.34. The Bertz CT molecular complexity index is 809. The number of amides is 1. The molecule has 0 saturated carbocycles. The van der Waals surface area contributed by atoms with Gasteiger partial charge in [-0.15, -0.1) is 0 Å². The van der Waals surface area contributed by atoms with Gasteiger partial charge in [0.25, 0.3) is 5.91 Å². The summed E-state index contributed by atoms with van der Waals surface area (Å²) in [6.45, 7) is 8.42. The molecule has 1 aromatic heterocycles. The van der Waals surface area contributed by atoms with E-state index in [2.05, 4.69) is 31.2 Å². The van der Waals surface area contributed by atoms with Crippen molar-refractivity contribution in [1.82, 2.24) is 9.78 Å². The lowest BCUT2D eigenvalue weighted by atomic mass is 9.82. The lowest BCUT2D eigenvalue weighted by molar-refractivity contribution is -0.141. The van der Waals surface area contributed by atoms with E-state index in [1.54, 1.807) is 12.1 Å². The average molecular weight is 493 g/mol. The zero-order chi connectivity index (χ0) is 20.4. The van der Waals surface area contributed by atoms with E-state index in [9.17, 15) is 18.0 Å². The third-order valence-corrected chi connectivity index (χ3v) is 4.75. The molecule has 1 N–H and O–H groups in total. The van der Waals surface area contributed by atoms with E-state index in [0.717, 1.165) is 22.9 Å². The SMILES string of the molecule is CC(CC(C)(C)C)c1ccccc1NC(=O)c1cn(CI)nc1C(F)(F)F. The van der Waals surface area contributed by atoms with Crippen LogP contribution in [-0.2, 0) is 10.7 Å². The molecular formula is C19H23F3IN3O. The van der Waals surface area contributed by atoms with Crippen LogP contribution in [0.4, 0.5) is 18.9 Å². The molecule has 0 aliphatic rings. The molecule has 2 aromatic rings. The van der Waals surface area contributed by atoms with Crippen LogP contribution >= 0.6 is 22.6 Å². The number of para-hydroxylation sites is 1. The van der Waals surface area contributed by atoms with Crippen molar-refractivity contribution in [1.29, 1.82) is 0 Å². The van der Waals surface area contributed by atoms with Crippen molar-refractivity contribution in [3.63, 3.8) is 0 Å². The predicted molar refractivity (Wildman–Crippen MR) is 108 cm³/mol. The van der Waals surface area contributed by atoms with Crippen LogP contribution in [0.25, 0.3) is 0 Å². The molecule has 0 radical (unpaired) electrons. The maximum Gasteiger partial charge on any atom is 0.435 e. The van der Waals surface area contributed by atoms with Crippen LogP contribution in [0, 0.1) is 5.41 Å². The fourth-order valence-electron chi connectivity index (χ4n) is 3.12. The summed E-state index contributed by atoms with van der Waals surface area (Å²) in [5.41, 5.74) is -0.138. The number of rotatable bonds is 5. The number of aromatic nitrogens is 2. The average Bonchev–Trinajstić information content (AvgIpc) is 2.98. The number of hydrogen-bond donors (Lipinski definition) is 1. The first-order chi connectivity index (χ1) is 12.4. The molecule has 0 aliphatic heterocycles. The number of halogens is 4. The second-order valence-electron chi connectivity index (χ2n) is 7.76. The van der Waals surface area contributed by atoms with Gasteiger partial charge in [0.15, 0.2) is 5.69 Å². The Morgan fingerprint density at radius 3 is 2.44 bits per heavy atom. The first kappa shape index (κ1) is 21.7. The molecular weight excluding hydrogens is 470 g/mol. The number of nitrogens with zero attached hydrogens (tertiary/aromatic N) is 2. The number of nitrogens with one attached hydrogen (secondary N) is 1. The standard InChI is InChI=1S/C19H23F3IN3O/c1-12(9-18(2,3)4)13-7-5-6-8-15(13)24-17(27)14-10-26(11-23)25-16(14)19(20,21)22/h5-8,10,12H,9,11H2,1-4H3,(H,24,27). The highest BCUT2D eigenvalue weighted by molar-refractivity contribution is 14.1. The second kappa shape index (κ2) is 8.20. The summed E-state index contributed by atoms with van der Waals surface area (Å²) in [4.78, 5) is 12.6. The van der Waals surface area contributed by atoms with Gasteiger partial charge in [0.05, 0.1) is 10.1 Å². The molecule has 0 spiro atoms. The normalized spacial score (nSPS) is 13.5. The molecule has 0 saturated heterocycles. The zero-order valence-corrected chi connectivity index (χ0v) is 17.9. The molecule has 0 aliphatic carbocycles. The minimum atomic E-state index is -4.69. The van der Waals surface area contributed by atoms with Crippen molar-refractivity contribution in [3.8, 4) is 0 Å². The van der Waals surface area contributed by atoms with Crippen LogP contribution in [0.15, 0.2) is 30.5 Å².